The third kappa shape index (κ3) is 7.50. The zero-order chi connectivity index (χ0) is 24.3. The van der Waals surface area contributed by atoms with E-state index in [2.05, 4.69) is 32.6 Å². The van der Waals surface area contributed by atoms with Crippen LogP contribution < -0.4 is 24.8 Å². The number of hydrogen-bond acceptors (Lipinski definition) is 5. The van der Waals surface area contributed by atoms with Crippen LogP contribution in [0.25, 0.3) is 0 Å². The summed E-state index contributed by atoms with van der Waals surface area (Å²) >= 11 is 3.62. The summed E-state index contributed by atoms with van der Waals surface area (Å²) in [5.41, 5.74) is 4.08. The normalized spacial score (nSPS) is 10.6. The summed E-state index contributed by atoms with van der Waals surface area (Å²) in [5.74, 6) is 1.79. The van der Waals surface area contributed by atoms with E-state index in [9.17, 15) is 4.79 Å². The van der Waals surface area contributed by atoms with Gasteiger partial charge in [-0.2, -0.15) is 0 Å². The van der Waals surface area contributed by atoms with Gasteiger partial charge in [-0.25, -0.2) is 0 Å². The highest BCUT2D eigenvalue weighted by molar-refractivity contribution is 9.10. The lowest BCUT2D eigenvalue weighted by Crippen LogP contribution is -2.20. The van der Waals surface area contributed by atoms with Gasteiger partial charge in [0.25, 0.3) is 5.91 Å². The van der Waals surface area contributed by atoms with Crippen molar-refractivity contribution in [2.24, 2.45) is 0 Å². The van der Waals surface area contributed by atoms with Gasteiger partial charge in [0, 0.05) is 16.7 Å². The molecule has 1 amide bonds. The van der Waals surface area contributed by atoms with Crippen LogP contribution in [0.3, 0.4) is 0 Å². The van der Waals surface area contributed by atoms with Gasteiger partial charge in [0.2, 0.25) is 0 Å². The van der Waals surface area contributed by atoms with E-state index in [1.54, 1.807) is 7.11 Å². The first-order valence-electron chi connectivity index (χ1n) is 11.3. The van der Waals surface area contributed by atoms with Crippen LogP contribution in [0.1, 0.15) is 23.6 Å². The fourth-order valence-corrected chi connectivity index (χ4v) is 3.89. The highest BCUT2D eigenvalue weighted by atomic mass is 79.9. The third-order valence-electron chi connectivity index (χ3n) is 5.19. The molecule has 0 aliphatic carbocycles. The van der Waals surface area contributed by atoms with E-state index in [4.69, 9.17) is 14.2 Å². The van der Waals surface area contributed by atoms with Crippen molar-refractivity contribution in [1.29, 1.82) is 0 Å². The van der Waals surface area contributed by atoms with Crippen molar-refractivity contribution in [2.45, 2.75) is 26.8 Å². The number of rotatable bonds is 12. The highest BCUT2D eigenvalue weighted by Crippen LogP contribution is 2.34. The minimum atomic E-state index is -0.232. The summed E-state index contributed by atoms with van der Waals surface area (Å²) in [7, 11) is 1.69. The number of halogens is 1. The molecule has 0 heterocycles. The van der Waals surface area contributed by atoms with E-state index >= 15 is 0 Å². The molecule has 3 aromatic rings. The van der Waals surface area contributed by atoms with E-state index in [1.165, 1.54) is 5.56 Å². The van der Waals surface area contributed by atoms with Gasteiger partial charge >= 0.3 is 0 Å². The summed E-state index contributed by atoms with van der Waals surface area (Å²) in [4.78, 5) is 12.3. The molecule has 6 nitrogen and oxygen atoms in total. The number of carbonyl (C=O) groups is 1. The molecule has 7 heteroatoms. The molecule has 0 saturated carbocycles. The van der Waals surface area contributed by atoms with Gasteiger partial charge in [0.15, 0.2) is 18.1 Å². The Hall–Kier alpha value is -3.03. The minimum Gasteiger partial charge on any atom is -0.496 e. The monoisotopic (exact) mass is 526 g/mol. The van der Waals surface area contributed by atoms with Crippen LogP contribution in [0.5, 0.6) is 17.2 Å². The van der Waals surface area contributed by atoms with Gasteiger partial charge in [-0.05, 0) is 68.3 Å². The topological polar surface area (TPSA) is 68.8 Å². The van der Waals surface area contributed by atoms with Crippen LogP contribution in [0.15, 0.2) is 65.1 Å². The molecule has 0 radical (unpaired) electrons. The number of carbonyl (C=O) groups excluding carboxylic acids is 1. The van der Waals surface area contributed by atoms with Crippen LogP contribution in [0.4, 0.5) is 5.69 Å². The lowest BCUT2D eigenvalue weighted by Gasteiger charge is -2.16. The van der Waals surface area contributed by atoms with Crippen molar-refractivity contribution in [3.63, 3.8) is 0 Å². The molecule has 0 unspecified atom stereocenters. The number of hydrogen-bond donors (Lipinski definition) is 2. The number of para-hydroxylation sites is 1. The molecule has 0 aromatic heterocycles. The molecule has 0 atom stereocenters. The van der Waals surface area contributed by atoms with Crippen molar-refractivity contribution in [3.8, 4) is 17.2 Å². The number of benzene rings is 3. The van der Waals surface area contributed by atoms with E-state index in [-0.39, 0.29) is 12.5 Å². The van der Waals surface area contributed by atoms with E-state index < -0.39 is 0 Å². The number of anilines is 1. The van der Waals surface area contributed by atoms with Gasteiger partial charge in [0.05, 0.1) is 13.7 Å². The Kier molecular flexibility index (Phi) is 9.79. The molecule has 3 aromatic carbocycles. The minimum absolute atomic E-state index is 0.114. The molecule has 0 fully saturated rings. The van der Waals surface area contributed by atoms with Crippen LogP contribution in [0, 0.1) is 6.92 Å². The molecule has 180 valence electrons. The molecule has 0 spiro atoms. The van der Waals surface area contributed by atoms with Crippen LogP contribution in [-0.2, 0) is 17.8 Å². The van der Waals surface area contributed by atoms with Crippen molar-refractivity contribution in [3.05, 3.63) is 81.8 Å². The Morgan fingerprint density at radius 3 is 2.41 bits per heavy atom. The summed E-state index contributed by atoms with van der Waals surface area (Å²) in [6.45, 7) is 5.76. The summed E-state index contributed by atoms with van der Waals surface area (Å²) in [6, 6.07) is 19.5. The number of ether oxygens (including phenoxy) is 3. The molecule has 0 aliphatic heterocycles. The average molecular weight is 527 g/mol. The molecular formula is C27H31BrN2O4. The van der Waals surface area contributed by atoms with E-state index in [1.807, 2.05) is 68.4 Å². The fourth-order valence-electron chi connectivity index (χ4n) is 3.43. The first kappa shape index (κ1) is 25.6. The van der Waals surface area contributed by atoms with E-state index in [0.29, 0.717) is 24.7 Å². The smallest absolute Gasteiger partial charge is 0.262 e. The summed E-state index contributed by atoms with van der Waals surface area (Å²) in [6.07, 6.45) is 0.858. The van der Waals surface area contributed by atoms with Gasteiger partial charge in [-0.3, -0.25) is 4.79 Å². The average Bonchev–Trinajstić information content (AvgIpc) is 2.84. The Morgan fingerprint density at radius 1 is 0.941 bits per heavy atom. The maximum absolute atomic E-state index is 12.3. The Morgan fingerprint density at radius 2 is 1.68 bits per heavy atom. The summed E-state index contributed by atoms with van der Waals surface area (Å²) in [5, 5.41) is 6.30. The molecule has 2 N–H and O–H groups in total. The second-order valence-corrected chi connectivity index (χ2v) is 8.62. The maximum atomic E-state index is 12.3. The lowest BCUT2D eigenvalue weighted by atomic mass is 10.1. The lowest BCUT2D eigenvalue weighted by molar-refractivity contribution is -0.118. The Bertz CT molecular complexity index is 1090. The number of methoxy groups -OCH3 is 1. The zero-order valence-electron chi connectivity index (χ0n) is 19.8. The van der Waals surface area contributed by atoms with Gasteiger partial charge in [0.1, 0.15) is 5.75 Å². The van der Waals surface area contributed by atoms with Crippen molar-refractivity contribution >= 4 is 27.5 Å². The standard InChI is InChI=1S/C27H31BrN2O4/c1-4-33-25-15-21(17-29-14-13-20-7-5-6-8-24(20)32-3)23(28)16-26(25)34-18-27(31)30-22-11-9-19(2)10-12-22/h5-12,15-16,29H,4,13-14,17-18H2,1-3H3,(H,30,31). The predicted octanol–water partition coefficient (Wildman–Crippen LogP) is 5.51. The number of nitrogens with one attached hydrogen (secondary N) is 2. The fraction of sp³-hybridized carbons (Fsp3) is 0.296. The molecule has 0 aliphatic rings. The van der Waals surface area contributed by atoms with Crippen LogP contribution >= 0.6 is 15.9 Å². The second-order valence-electron chi connectivity index (χ2n) is 7.76. The van der Waals surface area contributed by atoms with Gasteiger partial charge < -0.3 is 24.8 Å². The Labute approximate surface area is 209 Å². The molecule has 34 heavy (non-hydrogen) atoms. The molecule has 0 saturated heterocycles. The van der Waals surface area contributed by atoms with E-state index in [0.717, 1.165) is 40.0 Å². The largest absolute Gasteiger partial charge is 0.496 e. The van der Waals surface area contributed by atoms with Crippen molar-refractivity contribution in [2.75, 3.05) is 32.2 Å². The molecule has 0 bridgehead atoms. The summed E-state index contributed by atoms with van der Waals surface area (Å²) < 4.78 is 17.9. The third-order valence-corrected chi connectivity index (χ3v) is 5.92. The highest BCUT2D eigenvalue weighted by Gasteiger charge is 2.13. The predicted molar refractivity (Wildman–Crippen MR) is 139 cm³/mol. The van der Waals surface area contributed by atoms with Crippen molar-refractivity contribution < 1.29 is 19.0 Å². The quantitative estimate of drug-likeness (QED) is 0.304. The molecule has 3 rings (SSSR count). The van der Waals surface area contributed by atoms with Gasteiger partial charge in [-0.15, -0.1) is 0 Å². The zero-order valence-corrected chi connectivity index (χ0v) is 21.4. The number of aryl methyl sites for hydroxylation is 1. The SMILES string of the molecule is CCOc1cc(CNCCc2ccccc2OC)c(Br)cc1OCC(=O)Nc1ccc(C)cc1. The molecular weight excluding hydrogens is 496 g/mol. The van der Waals surface area contributed by atoms with Crippen LogP contribution in [0.2, 0.25) is 0 Å². The van der Waals surface area contributed by atoms with Crippen LogP contribution in [-0.4, -0.2) is 32.8 Å². The van der Waals surface area contributed by atoms with Crippen molar-refractivity contribution in [1.82, 2.24) is 5.32 Å². The maximum Gasteiger partial charge on any atom is 0.262 e. The Balaban J connectivity index is 1.57. The van der Waals surface area contributed by atoms with Gasteiger partial charge in [-0.1, -0.05) is 51.8 Å². The number of amides is 1. The first-order valence-corrected chi connectivity index (χ1v) is 12.1. The first-order chi connectivity index (χ1) is 16.5. The second kappa shape index (κ2) is 13.0.